The summed E-state index contributed by atoms with van der Waals surface area (Å²) in [5, 5.41) is 10.0. The highest BCUT2D eigenvalue weighted by atomic mass is 32.1. The van der Waals surface area contributed by atoms with Gasteiger partial charge in [0.15, 0.2) is 4.83 Å². The lowest BCUT2D eigenvalue weighted by atomic mass is 10.2. The zero-order valence-electron chi connectivity index (χ0n) is 15.3. The first-order valence-electron chi connectivity index (χ1n) is 9.61. The number of thiophene rings is 1. The van der Waals surface area contributed by atoms with E-state index < -0.39 is 0 Å². The van der Waals surface area contributed by atoms with Crippen LogP contribution in [0.1, 0.15) is 6.42 Å². The van der Waals surface area contributed by atoms with Crippen molar-refractivity contribution < 1.29 is 0 Å². The maximum Gasteiger partial charge on any atom is 0.167 e. The van der Waals surface area contributed by atoms with Gasteiger partial charge in [-0.25, -0.2) is 4.68 Å². The standard InChI is InChI=1S/C21H23N5S/c1-2-7-17(8-3-1)25-15-13-24(14-16-25)11-6-12-26-20-18-9-4-5-10-19(18)27-21(20)22-23-26/h1-5,7-10H,6,11-16H2. The summed E-state index contributed by atoms with van der Waals surface area (Å²) < 4.78 is 3.39. The van der Waals surface area contributed by atoms with Gasteiger partial charge in [0.1, 0.15) is 5.52 Å². The van der Waals surface area contributed by atoms with Gasteiger partial charge in [0.2, 0.25) is 0 Å². The number of piperazine rings is 1. The topological polar surface area (TPSA) is 37.2 Å². The van der Waals surface area contributed by atoms with Crippen molar-refractivity contribution in [2.75, 3.05) is 37.6 Å². The minimum atomic E-state index is 0.927. The molecule has 0 bridgehead atoms. The van der Waals surface area contributed by atoms with Gasteiger partial charge in [0.25, 0.3) is 0 Å². The molecule has 0 radical (unpaired) electrons. The fraction of sp³-hybridized carbons (Fsp3) is 0.333. The molecular weight excluding hydrogens is 354 g/mol. The number of nitrogens with zero attached hydrogens (tertiary/aromatic N) is 5. The van der Waals surface area contributed by atoms with E-state index in [1.807, 2.05) is 0 Å². The van der Waals surface area contributed by atoms with Crippen molar-refractivity contribution in [1.29, 1.82) is 0 Å². The predicted octanol–water partition coefficient (Wildman–Crippen LogP) is 3.86. The van der Waals surface area contributed by atoms with Gasteiger partial charge in [-0.15, -0.1) is 16.4 Å². The van der Waals surface area contributed by atoms with E-state index >= 15 is 0 Å². The van der Waals surface area contributed by atoms with E-state index in [0.29, 0.717) is 0 Å². The van der Waals surface area contributed by atoms with E-state index in [2.05, 4.69) is 79.4 Å². The third-order valence-corrected chi connectivity index (χ3v) is 6.44. The molecule has 0 amide bonds. The van der Waals surface area contributed by atoms with E-state index in [0.717, 1.165) is 50.5 Å². The Kier molecular flexibility index (Phi) is 4.51. The quantitative estimate of drug-likeness (QED) is 0.529. The van der Waals surface area contributed by atoms with Crippen LogP contribution in [0.3, 0.4) is 0 Å². The fourth-order valence-corrected chi connectivity index (χ4v) is 4.96. The van der Waals surface area contributed by atoms with Crippen molar-refractivity contribution in [3.8, 4) is 0 Å². The van der Waals surface area contributed by atoms with Crippen LogP contribution < -0.4 is 4.90 Å². The van der Waals surface area contributed by atoms with Gasteiger partial charge in [0.05, 0.1) is 0 Å². The normalized spacial score (nSPS) is 15.8. The van der Waals surface area contributed by atoms with Crippen LogP contribution in [0, 0.1) is 0 Å². The Balaban J connectivity index is 1.18. The molecule has 1 fully saturated rings. The van der Waals surface area contributed by atoms with Crippen molar-refractivity contribution in [3.63, 3.8) is 0 Å². The number of fused-ring (bicyclic) bond motifs is 3. The first-order valence-corrected chi connectivity index (χ1v) is 10.4. The van der Waals surface area contributed by atoms with Crippen LogP contribution in [-0.4, -0.2) is 52.6 Å². The molecule has 0 saturated carbocycles. The minimum absolute atomic E-state index is 0.927. The van der Waals surface area contributed by atoms with Gasteiger partial charge >= 0.3 is 0 Å². The first kappa shape index (κ1) is 16.7. The molecule has 5 rings (SSSR count). The lowest BCUT2D eigenvalue weighted by Crippen LogP contribution is -2.46. The lowest BCUT2D eigenvalue weighted by molar-refractivity contribution is 0.249. The number of hydrogen-bond donors (Lipinski definition) is 0. The number of rotatable bonds is 5. The number of aromatic nitrogens is 3. The van der Waals surface area contributed by atoms with E-state index in [1.165, 1.54) is 21.3 Å². The van der Waals surface area contributed by atoms with Crippen LogP contribution in [0.5, 0.6) is 0 Å². The monoisotopic (exact) mass is 377 g/mol. The molecule has 3 heterocycles. The highest BCUT2D eigenvalue weighted by Crippen LogP contribution is 2.31. The largest absolute Gasteiger partial charge is 0.369 e. The van der Waals surface area contributed by atoms with E-state index in [-0.39, 0.29) is 0 Å². The van der Waals surface area contributed by atoms with Gasteiger partial charge in [-0.3, -0.25) is 4.90 Å². The molecule has 2 aromatic heterocycles. The third-order valence-electron chi connectivity index (χ3n) is 5.39. The summed E-state index contributed by atoms with van der Waals surface area (Å²) in [5.74, 6) is 0. The zero-order valence-corrected chi connectivity index (χ0v) is 16.1. The van der Waals surface area contributed by atoms with Crippen LogP contribution >= 0.6 is 11.3 Å². The third kappa shape index (κ3) is 3.31. The second-order valence-electron chi connectivity index (χ2n) is 7.08. The predicted molar refractivity (Wildman–Crippen MR) is 113 cm³/mol. The Labute approximate surface area is 162 Å². The zero-order chi connectivity index (χ0) is 18.1. The molecule has 0 atom stereocenters. The molecule has 27 heavy (non-hydrogen) atoms. The summed E-state index contributed by atoms with van der Waals surface area (Å²) in [7, 11) is 0. The van der Waals surface area contributed by atoms with Crippen LogP contribution in [-0.2, 0) is 6.54 Å². The summed E-state index contributed by atoms with van der Waals surface area (Å²) >= 11 is 1.73. The summed E-state index contributed by atoms with van der Waals surface area (Å²) in [6.07, 6.45) is 1.11. The molecule has 0 spiro atoms. The SMILES string of the molecule is c1ccc(N2CCN(CCCn3nnc4sc5ccccc5c43)CC2)cc1. The molecule has 1 aliphatic rings. The number of benzene rings is 2. The average Bonchev–Trinajstić information content (AvgIpc) is 3.29. The summed E-state index contributed by atoms with van der Waals surface area (Å²) in [6.45, 7) is 6.51. The summed E-state index contributed by atoms with van der Waals surface area (Å²) in [5.41, 5.74) is 2.54. The molecule has 0 unspecified atom stereocenters. The smallest absolute Gasteiger partial charge is 0.167 e. The van der Waals surface area contributed by atoms with E-state index in [4.69, 9.17) is 0 Å². The summed E-state index contributed by atoms with van der Waals surface area (Å²) in [4.78, 5) is 6.10. The van der Waals surface area contributed by atoms with Crippen molar-refractivity contribution in [3.05, 3.63) is 54.6 Å². The maximum atomic E-state index is 4.39. The van der Waals surface area contributed by atoms with Gasteiger partial charge in [0, 0.05) is 55.0 Å². The molecule has 4 aromatic rings. The lowest BCUT2D eigenvalue weighted by Gasteiger charge is -2.36. The molecule has 1 aliphatic heterocycles. The van der Waals surface area contributed by atoms with Gasteiger partial charge < -0.3 is 4.90 Å². The van der Waals surface area contributed by atoms with Crippen molar-refractivity contribution in [1.82, 2.24) is 19.9 Å². The molecule has 0 aliphatic carbocycles. The van der Waals surface area contributed by atoms with Gasteiger partial charge in [-0.05, 0) is 24.6 Å². The molecular formula is C21H23N5S. The van der Waals surface area contributed by atoms with Crippen molar-refractivity contribution in [2.24, 2.45) is 0 Å². The molecule has 138 valence electrons. The number of hydrogen-bond acceptors (Lipinski definition) is 5. The molecule has 6 heteroatoms. The Hall–Kier alpha value is -2.44. The van der Waals surface area contributed by atoms with E-state index in [1.54, 1.807) is 11.3 Å². The minimum Gasteiger partial charge on any atom is -0.369 e. The van der Waals surface area contributed by atoms with Gasteiger partial charge in [-0.2, -0.15) is 0 Å². The highest BCUT2D eigenvalue weighted by Gasteiger charge is 2.17. The second-order valence-corrected chi connectivity index (χ2v) is 8.11. The number of anilines is 1. The van der Waals surface area contributed by atoms with Crippen LogP contribution in [0.15, 0.2) is 54.6 Å². The van der Waals surface area contributed by atoms with Crippen LogP contribution in [0.2, 0.25) is 0 Å². The summed E-state index contributed by atoms with van der Waals surface area (Å²) in [6, 6.07) is 19.3. The Morgan fingerprint density at radius 2 is 1.63 bits per heavy atom. The molecule has 1 saturated heterocycles. The Morgan fingerprint density at radius 3 is 2.48 bits per heavy atom. The second kappa shape index (κ2) is 7.29. The van der Waals surface area contributed by atoms with E-state index in [9.17, 15) is 0 Å². The van der Waals surface area contributed by atoms with Crippen LogP contribution in [0.4, 0.5) is 5.69 Å². The fourth-order valence-electron chi connectivity index (χ4n) is 3.94. The molecule has 2 aromatic carbocycles. The maximum absolute atomic E-state index is 4.39. The Morgan fingerprint density at radius 1 is 0.852 bits per heavy atom. The number of aryl methyl sites for hydroxylation is 1. The Bertz CT molecular complexity index is 1030. The van der Waals surface area contributed by atoms with Gasteiger partial charge in [-0.1, -0.05) is 41.6 Å². The molecule has 0 N–H and O–H groups in total. The van der Waals surface area contributed by atoms with Crippen molar-refractivity contribution in [2.45, 2.75) is 13.0 Å². The van der Waals surface area contributed by atoms with Crippen LogP contribution in [0.25, 0.3) is 20.4 Å². The number of para-hydroxylation sites is 1. The molecule has 5 nitrogen and oxygen atoms in total. The first-order chi connectivity index (χ1) is 13.4. The average molecular weight is 378 g/mol. The van der Waals surface area contributed by atoms with Crippen molar-refractivity contribution >= 4 is 37.5 Å². The highest BCUT2D eigenvalue weighted by molar-refractivity contribution is 7.25.